The number of amides is 1. The third-order valence-corrected chi connectivity index (χ3v) is 3.21. The van der Waals surface area contributed by atoms with Crippen LogP contribution in [0, 0.1) is 11.3 Å². The van der Waals surface area contributed by atoms with Crippen molar-refractivity contribution < 1.29 is 9.59 Å². The first-order valence-corrected chi connectivity index (χ1v) is 6.52. The summed E-state index contributed by atoms with van der Waals surface area (Å²) in [6.07, 6.45) is 2.53. The van der Waals surface area contributed by atoms with Gasteiger partial charge in [-0.2, -0.15) is 0 Å². The number of Topliss-reactive ketones (excluding diaryl/α,β-unsaturated/α-hetero) is 1. The molecular formula is C14H27NO2. The lowest BCUT2D eigenvalue weighted by Crippen LogP contribution is -2.48. The zero-order valence-corrected chi connectivity index (χ0v) is 12.1. The minimum Gasteiger partial charge on any atom is -0.346 e. The lowest BCUT2D eigenvalue weighted by Gasteiger charge is -2.29. The summed E-state index contributed by atoms with van der Waals surface area (Å²) >= 11 is 0. The van der Waals surface area contributed by atoms with Crippen LogP contribution in [0.4, 0.5) is 0 Å². The van der Waals surface area contributed by atoms with E-state index in [4.69, 9.17) is 0 Å². The van der Waals surface area contributed by atoms with E-state index in [-0.39, 0.29) is 23.1 Å². The second-order valence-corrected chi connectivity index (χ2v) is 5.86. The molecule has 0 radical (unpaired) electrons. The molecule has 0 aromatic rings. The fourth-order valence-corrected chi connectivity index (χ4v) is 1.99. The number of rotatable bonds is 6. The van der Waals surface area contributed by atoms with Crippen molar-refractivity contribution in [2.75, 3.05) is 0 Å². The summed E-state index contributed by atoms with van der Waals surface area (Å²) in [6.45, 7) is 11.6. The highest BCUT2D eigenvalue weighted by Gasteiger charge is 2.30. The second-order valence-electron chi connectivity index (χ2n) is 5.86. The quantitative estimate of drug-likeness (QED) is 0.777. The van der Waals surface area contributed by atoms with Crippen LogP contribution in [0.3, 0.4) is 0 Å². The molecule has 1 amide bonds. The molecule has 3 heteroatoms. The molecule has 0 rings (SSSR count). The van der Waals surface area contributed by atoms with Crippen LogP contribution in [-0.4, -0.2) is 17.7 Å². The molecule has 1 N–H and O–H groups in total. The van der Waals surface area contributed by atoms with Crippen LogP contribution < -0.4 is 5.32 Å². The third-order valence-electron chi connectivity index (χ3n) is 3.21. The van der Waals surface area contributed by atoms with Gasteiger partial charge in [-0.3, -0.25) is 9.59 Å². The summed E-state index contributed by atoms with van der Waals surface area (Å²) in [7, 11) is 0. The van der Waals surface area contributed by atoms with E-state index in [0.29, 0.717) is 12.3 Å². The second kappa shape index (κ2) is 6.77. The Morgan fingerprint density at radius 3 is 1.88 bits per heavy atom. The largest absolute Gasteiger partial charge is 0.346 e. The number of hydrogen-bond donors (Lipinski definition) is 1. The van der Waals surface area contributed by atoms with E-state index in [2.05, 4.69) is 19.2 Å². The maximum absolute atomic E-state index is 11.9. The maximum Gasteiger partial charge on any atom is 0.220 e. The Labute approximate surface area is 105 Å². The first kappa shape index (κ1) is 16.1. The Morgan fingerprint density at radius 2 is 1.59 bits per heavy atom. The first-order chi connectivity index (χ1) is 7.72. The molecule has 1 unspecified atom stereocenters. The summed E-state index contributed by atoms with van der Waals surface area (Å²) in [5.41, 5.74) is -0.227. The van der Waals surface area contributed by atoms with Crippen molar-refractivity contribution in [1.29, 1.82) is 0 Å². The van der Waals surface area contributed by atoms with E-state index in [1.54, 1.807) is 0 Å². The predicted molar refractivity (Wildman–Crippen MR) is 70.8 cm³/mol. The smallest absolute Gasteiger partial charge is 0.220 e. The minimum atomic E-state index is -0.385. The van der Waals surface area contributed by atoms with Crippen molar-refractivity contribution >= 4 is 11.7 Å². The first-order valence-electron chi connectivity index (χ1n) is 6.52. The molecule has 0 aliphatic rings. The number of nitrogens with one attached hydrogen (secondary N) is 1. The molecule has 0 bridgehead atoms. The predicted octanol–water partition coefficient (Wildman–Crippen LogP) is 2.93. The zero-order valence-electron chi connectivity index (χ0n) is 12.1. The van der Waals surface area contributed by atoms with Crippen LogP contribution in [0.5, 0.6) is 0 Å². The van der Waals surface area contributed by atoms with Crippen molar-refractivity contribution in [3.63, 3.8) is 0 Å². The van der Waals surface area contributed by atoms with Gasteiger partial charge in [-0.15, -0.1) is 0 Å². The van der Waals surface area contributed by atoms with Crippen LogP contribution in [0.25, 0.3) is 0 Å². The van der Waals surface area contributed by atoms with Gasteiger partial charge in [0.25, 0.3) is 0 Å². The van der Waals surface area contributed by atoms with Gasteiger partial charge < -0.3 is 5.32 Å². The Kier molecular flexibility index (Phi) is 6.43. The summed E-state index contributed by atoms with van der Waals surface area (Å²) in [5, 5.41) is 2.87. The van der Waals surface area contributed by atoms with E-state index >= 15 is 0 Å². The Balaban J connectivity index is 4.48. The molecule has 100 valence electrons. The van der Waals surface area contributed by atoms with Gasteiger partial charge in [0.2, 0.25) is 5.91 Å². The highest BCUT2D eigenvalue weighted by molar-refractivity contribution is 5.88. The summed E-state index contributed by atoms with van der Waals surface area (Å²) < 4.78 is 0. The zero-order chi connectivity index (χ0) is 13.6. The molecule has 0 aliphatic carbocycles. The third kappa shape index (κ3) is 5.85. The fourth-order valence-electron chi connectivity index (χ4n) is 1.99. The maximum atomic E-state index is 11.9. The van der Waals surface area contributed by atoms with Crippen molar-refractivity contribution in [2.45, 2.75) is 66.8 Å². The van der Waals surface area contributed by atoms with E-state index in [0.717, 1.165) is 12.8 Å². The molecular weight excluding hydrogens is 214 g/mol. The van der Waals surface area contributed by atoms with Gasteiger partial charge in [0.15, 0.2) is 5.78 Å². The van der Waals surface area contributed by atoms with E-state index < -0.39 is 0 Å². The topological polar surface area (TPSA) is 46.2 Å². The van der Waals surface area contributed by atoms with Gasteiger partial charge in [-0.1, -0.05) is 47.5 Å². The number of carbonyl (C=O) groups is 2. The molecule has 3 nitrogen and oxygen atoms in total. The van der Waals surface area contributed by atoms with Gasteiger partial charge >= 0.3 is 0 Å². The Morgan fingerprint density at radius 1 is 1.12 bits per heavy atom. The van der Waals surface area contributed by atoms with Crippen LogP contribution in [-0.2, 0) is 9.59 Å². The molecule has 0 fully saturated rings. The normalized spacial score (nSPS) is 13.6. The van der Waals surface area contributed by atoms with Crippen molar-refractivity contribution in [1.82, 2.24) is 5.32 Å². The monoisotopic (exact) mass is 241 g/mol. The highest BCUT2D eigenvalue weighted by atomic mass is 16.2. The molecule has 0 spiro atoms. The molecule has 0 aromatic heterocycles. The van der Waals surface area contributed by atoms with Crippen LogP contribution in [0.2, 0.25) is 0 Å². The lowest BCUT2D eigenvalue weighted by molar-refractivity contribution is -0.129. The van der Waals surface area contributed by atoms with Crippen molar-refractivity contribution in [2.24, 2.45) is 11.3 Å². The summed E-state index contributed by atoms with van der Waals surface area (Å²) in [5.74, 6) is 0.437. The molecule has 1 atom stereocenters. The SMILES string of the molecule is CCC(CC)CC(=O)NC(C(C)=O)C(C)(C)C. The fraction of sp³-hybridized carbons (Fsp3) is 0.857. The molecule has 17 heavy (non-hydrogen) atoms. The van der Waals surface area contributed by atoms with E-state index in [1.807, 2.05) is 20.8 Å². The van der Waals surface area contributed by atoms with Crippen molar-refractivity contribution in [3.05, 3.63) is 0 Å². The number of ketones is 1. The standard InChI is InChI=1S/C14H27NO2/c1-7-11(8-2)9-12(17)15-13(10(3)16)14(4,5)6/h11,13H,7-9H2,1-6H3,(H,15,17). The average molecular weight is 241 g/mol. The van der Waals surface area contributed by atoms with E-state index in [9.17, 15) is 9.59 Å². The lowest BCUT2D eigenvalue weighted by atomic mass is 9.84. The molecule has 0 saturated heterocycles. The van der Waals surface area contributed by atoms with Crippen LogP contribution >= 0.6 is 0 Å². The highest BCUT2D eigenvalue weighted by Crippen LogP contribution is 2.21. The summed E-state index contributed by atoms with van der Waals surface area (Å²) in [6, 6.07) is -0.385. The van der Waals surface area contributed by atoms with Gasteiger partial charge in [-0.25, -0.2) is 0 Å². The van der Waals surface area contributed by atoms with Crippen LogP contribution in [0.1, 0.15) is 60.8 Å². The van der Waals surface area contributed by atoms with Gasteiger partial charge in [0.05, 0.1) is 6.04 Å². The van der Waals surface area contributed by atoms with Gasteiger partial charge in [-0.05, 0) is 18.3 Å². The van der Waals surface area contributed by atoms with Gasteiger partial charge in [0, 0.05) is 6.42 Å². The minimum absolute atomic E-state index is 0.00572. The van der Waals surface area contributed by atoms with Crippen LogP contribution in [0.15, 0.2) is 0 Å². The van der Waals surface area contributed by atoms with Gasteiger partial charge in [0.1, 0.15) is 0 Å². The number of carbonyl (C=O) groups excluding carboxylic acids is 2. The molecule has 0 heterocycles. The van der Waals surface area contributed by atoms with Crippen molar-refractivity contribution in [3.8, 4) is 0 Å². The molecule has 0 aromatic carbocycles. The number of hydrogen-bond acceptors (Lipinski definition) is 2. The Hall–Kier alpha value is -0.860. The Bertz CT molecular complexity index is 262. The average Bonchev–Trinajstić information content (AvgIpc) is 2.20. The summed E-state index contributed by atoms with van der Waals surface area (Å²) in [4.78, 5) is 23.4. The molecule has 0 saturated carbocycles. The molecule has 0 aliphatic heterocycles. The van der Waals surface area contributed by atoms with E-state index in [1.165, 1.54) is 6.92 Å².